The Kier molecular flexibility index (Phi) is 3.48. The summed E-state index contributed by atoms with van der Waals surface area (Å²) in [7, 11) is 0. The first-order chi connectivity index (χ1) is 10.1. The van der Waals surface area contributed by atoms with E-state index >= 15 is 0 Å². The maximum Gasteiger partial charge on any atom is 0.0840 e. The lowest BCUT2D eigenvalue weighted by molar-refractivity contribution is -0.0932. The highest BCUT2D eigenvalue weighted by Crippen LogP contribution is 2.56. The van der Waals surface area contributed by atoms with E-state index in [1.165, 1.54) is 0 Å². The first kappa shape index (κ1) is 16.0. The number of hydrogen-bond donors (Lipinski definition) is 3. The van der Waals surface area contributed by atoms with Gasteiger partial charge in [0.1, 0.15) is 0 Å². The molecule has 1 aromatic carbocycles. The van der Waals surface area contributed by atoms with Crippen LogP contribution in [0.1, 0.15) is 76.2 Å². The van der Waals surface area contributed by atoms with Gasteiger partial charge in [0.2, 0.25) is 0 Å². The molecule has 3 rings (SSSR count). The van der Waals surface area contributed by atoms with Crippen molar-refractivity contribution in [1.29, 1.82) is 0 Å². The molecule has 1 aromatic rings. The number of aliphatic hydroxyl groups excluding tert-OH is 1. The molecule has 3 nitrogen and oxygen atoms in total. The Balaban J connectivity index is 2.13. The zero-order valence-corrected chi connectivity index (χ0v) is 14.1. The lowest BCUT2D eigenvalue weighted by atomic mass is 9.53. The third kappa shape index (κ3) is 2.31. The molecule has 0 heterocycles. The molecule has 3 N–H and O–H groups in total. The molecule has 4 unspecified atom stereocenters. The van der Waals surface area contributed by atoms with Crippen LogP contribution in [0.25, 0.3) is 0 Å². The molecule has 1 fully saturated rings. The molecule has 0 saturated heterocycles. The lowest BCUT2D eigenvalue weighted by Gasteiger charge is -2.54. The molecule has 0 radical (unpaired) electrons. The Morgan fingerprint density at radius 1 is 1.18 bits per heavy atom. The molecule has 0 aromatic heterocycles. The normalized spacial score (nSPS) is 38.3. The van der Waals surface area contributed by atoms with Gasteiger partial charge in [-0.25, -0.2) is 0 Å². The predicted octanol–water partition coefficient (Wildman–Crippen LogP) is 3.16. The second kappa shape index (κ2) is 4.80. The van der Waals surface area contributed by atoms with E-state index in [1.807, 2.05) is 19.1 Å². The molecule has 3 heteroatoms. The van der Waals surface area contributed by atoms with Gasteiger partial charge in [-0.05, 0) is 74.5 Å². The fraction of sp³-hybridized carbons (Fsp3) is 0.684. The van der Waals surface area contributed by atoms with Gasteiger partial charge >= 0.3 is 0 Å². The summed E-state index contributed by atoms with van der Waals surface area (Å²) in [6, 6.07) is 5.96. The first-order valence-corrected chi connectivity index (χ1v) is 8.33. The van der Waals surface area contributed by atoms with E-state index in [1.54, 1.807) is 13.8 Å². The van der Waals surface area contributed by atoms with E-state index in [9.17, 15) is 15.3 Å². The topological polar surface area (TPSA) is 60.7 Å². The van der Waals surface area contributed by atoms with Crippen molar-refractivity contribution in [3.8, 4) is 0 Å². The molecule has 22 heavy (non-hydrogen) atoms. The number of rotatable bonds is 1. The zero-order chi connectivity index (χ0) is 16.3. The van der Waals surface area contributed by atoms with Crippen LogP contribution >= 0.6 is 0 Å². The summed E-state index contributed by atoms with van der Waals surface area (Å²) in [6.07, 6.45) is 2.86. The van der Waals surface area contributed by atoms with Crippen LogP contribution in [0.5, 0.6) is 0 Å². The number of benzene rings is 1. The van der Waals surface area contributed by atoms with Gasteiger partial charge in [0.05, 0.1) is 17.3 Å². The minimum Gasteiger partial charge on any atom is -0.390 e. The predicted molar refractivity (Wildman–Crippen MR) is 86.6 cm³/mol. The molecule has 2 aliphatic rings. The highest BCUT2D eigenvalue weighted by molar-refractivity contribution is 5.44. The molecule has 4 atom stereocenters. The summed E-state index contributed by atoms with van der Waals surface area (Å²) >= 11 is 0. The van der Waals surface area contributed by atoms with Crippen LogP contribution in [0.3, 0.4) is 0 Å². The third-order valence-electron chi connectivity index (χ3n) is 6.09. The van der Waals surface area contributed by atoms with Gasteiger partial charge in [0.15, 0.2) is 0 Å². The third-order valence-corrected chi connectivity index (χ3v) is 6.09. The van der Waals surface area contributed by atoms with Crippen molar-refractivity contribution in [2.24, 2.45) is 5.92 Å². The van der Waals surface area contributed by atoms with Crippen molar-refractivity contribution < 1.29 is 15.3 Å². The SMILES string of the molecule is CC(C)(O)c1ccc2c(c1)C(O)CC1C(C)(O)CCCC21C. The molecular weight excluding hydrogens is 276 g/mol. The average molecular weight is 304 g/mol. The largest absolute Gasteiger partial charge is 0.390 e. The van der Waals surface area contributed by atoms with E-state index in [4.69, 9.17) is 0 Å². The smallest absolute Gasteiger partial charge is 0.0840 e. The summed E-state index contributed by atoms with van der Waals surface area (Å²) in [5.41, 5.74) is 1.16. The van der Waals surface area contributed by atoms with Crippen LogP contribution in [0.2, 0.25) is 0 Å². The van der Waals surface area contributed by atoms with Crippen LogP contribution in [0.4, 0.5) is 0 Å². The van der Waals surface area contributed by atoms with Crippen LogP contribution in [0, 0.1) is 5.92 Å². The lowest BCUT2D eigenvalue weighted by Crippen LogP contribution is -2.53. The van der Waals surface area contributed by atoms with Crippen molar-refractivity contribution >= 4 is 0 Å². The number of hydrogen-bond acceptors (Lipinski definition) is 3. The fourth-order valence-corrected chi connectivity index (χ4v) is 4.77. The second-order valence-corrected chi connectivity index (χ2v) is 8.29. The van der Waals surface area contributed by atoms with Crippen LogP contribution in [0.15, 0.2) is 18.2 Å². The van der Waals surface area contributed by atoms with Gasteiger partial charge in [-0.2, -0.15) is 0 Å². The van der Waals surface area contributed by atoms with Gasteiger partial charge in [-0.1, -0.05) is 25.1 Å². The first-order valence-electron chi connectivity index (χ1n) is 8.33. The summed E-state index contributed by atoms with van der Waals surface area (Å²) in [4.78, 5) is 0. The van der Waals surface area contributed by atoms with Crippen molar-refractivity contribution in [3.05, 3.63) is 34.9 Å². The summed E-state index contributed by atoms with van der Waals surface area (Å²) in [6.45, 7) is 7.66. The van der Waals surface area contributed by atoms with Crippen molar-refractivity contribution in [2.45, 2.75) is 76.1 Å². The average Bonchev–Trinajstić information content (AvgIpc) is 2.40. The Bertz CT molecular complexity index is 585. The van der Waals surface area contributed by atoms with E-state index in [0.717, 1.165) is 36.0 Å². The monoisotopic (exact) mass is 304 g/mol. The van der Waals surface area contributed by atoms with Crippen molar-refractivity contribution in [2.75, 3.05) is 0 Å². The molecule has 0 bridgehead atoms. The highest BCUT2D eigenvalue weighted by atomic mass is 16.3. The number of fused-ring (bicyclic) bond motifs is 3. The molecule has 0 aliphatic heterocycles. The van der Waals surface area contributed by atoms with Gasteiger partial charge in [0.25, 0.3) is 0 Å². The van der Waals surface area contributed by atoms with Gasteiger partial charge in [-0.3, -0.25) is 0 Å². The molecule has 1 saturated carbocycles. The molecule has 0 spiro atoms. The minimum atomic E-state index is -0.912. The summed E-state index contributed by atoms with van der Waals surface area (Å²) in [5.74, 6) is 0.0734. The molecule has 2 aliphatic carbocycles. The van der Waals surface area contributed by atoms with Crippen molar-refractivity contribution in [3.63, 3.8) is 0 Å². The maximum absolute atomic E-state index is 10.8. The van der Waals surface area contributed by atoms with Gasteiger partial charge in [0, 0.05) is 0 Å². The Hall–Kier alpha value is -0.900. The Labute approximate surface area is 133 Å². The fourth-order valence-electron chi connectivity index (χ4n) is 4.77. The second-order valence-electron chi connectivity index (χ2n) is 8.29. The molecule has 122 valence electrons. The number of aliphatic hydroxyl groups is 3. The van der Waals surface area contributed by atoms with E-state index in [0.29, 0.717) is 6.42 Å². The van der Waals surface area contributed by atoms with Crippen LogP contribution in [-0.2, 0) is 11.0 Å². The van der Waals surface area contributed by atoms with Crippen LogP contribution < -0.4 is 0 Å². The molecule has 0 amide bonds. The minimum absolute atomic E-state index is 0.0734. The maximum atomic E-state index is 10.8. The Morgan fingerprint density at radius 2 is 1.86 bits per heavy atom. The summed E-state index contributed by atoms with van der Waals surface area (Å²) in [5, 5.41) is 31.7. The zero-order valence-electron chi connectivity index (χ0n) is 14.1. The quantitative estimate of drug-likeness (QED) is 0.747. The van der Waals surface area contributed by atoms with Crippen molar-refractivity contribution in [1.82, 2.24) is 0 Å². The highest BCUT2D eigenvalue weighted by Gasteiger charge is 2.53. The van der Waals surface area contributed by atoms with Crippen LogP contribution in [-0.4, -0.2) is 20.9 Å². The standard InChI is InChI=1S/C19H28O3/c1-17(2,21)12-6-7-14-13(10-12)15(20)11-16-18(14,3)8-5-9-19(16,4)22/h6-7,10,15-16,20-22H,5,8-9,11H2,1-4H3. The van der Waals surface area contributed by atoms with E-state index in [2.05, 4.69) is 13.0 Å². The molecular formula is C19H28O3. The van der Waals surface area contributed by atoms with E-state index < -0.39 is 17.3 Å². The van der Waals surface area contributed by atoms with Gasteiger partial charge < -0.3 is 15.3 Å². The summed E-state index contributed by atoms with van der Waals surface area (Å²) < 4.78 is 0. The van der Waals surface area contributed by atoms with E-state index in [-0.39, 0.29) is 11.3 Å². The van der Waals surface area contributed by atoms with Gasteiger partial charge in [-0.15, -0.1) is 0 Å². The Morgan fingerprint density at radius 3 is 2.50 bits per heavy atom.